The van der Waals surface area contributed by atoms with Crippen molar-refractivity contribution in [2.75, 3.05) is 25.0 Å². The fourth-order valence-electron chi connectivity index (χ4n) is 6.91. The summed E-state index contributed by atoms with van der Waals surface area (Å²) in [6.45, 7) is 2.29. The molecule has 3 heterocycles. The average molecular weight is 688 g/mol. The van der Waals surface area contributed by atoms with Crippen LogP contribution in [0.15, 0.2) is 85.2 Å². The van der Waals surface area contributed by atoms with Gasteiger partial charge in [-0.3, -0.25) is 4.79 Å². The number of imidazole rings is 1. The number of carbonyl (C=O) groups excluding carboxylic acids is 1. The van der Waals surface area contributed by atoms with Crippen LogP contribution in [-0.2, 0) is 25.3 Å². The first-order valence-corrected chi connectivity index (χ1v) is 16.2. The third kappa shape index (κ3) is 8.44. The van der Waals surface area contributed by atoms with Crippen molar-refractivity contribution in [2.45, 2.75) is 69.1 Å². The number of aromatic nitrogens is 2. The summed E-state index contributed by atoms with van der Waals surface area (Å²) in [5.41, 5.74) is -1.77. The molecule has 3 aromatic carbocycles. The monoisotopic (exact) mass is 687 g/mol. The fraction of sp³-hybridized carbons (Fsp3) is 0.389. The van der Waals surface area contributed by atoms with Crippen molar-refractivity contribution in [2.24, 2.45) is 0 Å². The summed E-state index contributed by atoms with van der Waals surface area (Å²) in [4.78, 5) is 22.0. The Balaban J connectivity index is 1.14. The molecule has 2 aliphatic rings. The zero-order valence-electron chi connectivity index (χ0n) is 26.5. The quantitative estimate of drug-likeness (QED) is 0.192. The van der Waals surface area contributed by atoms with E-state index < -0.39 is 41.0 Å². The van der Waals surface area contributed by atoms with Gasteiger partial charge in [0.25, 0.3) is 5.91 Å². The summed E-state index contributed by atoms with van der Waals surface area (Å²) in [5.74, 6) is -0.408. The topological polar surface area (TPSA) is 53.4 Å². The molecule has 6 rings (SSSR count). The van der Waals surface area contributed by atoms with Gasteiger partial charge in [0.1, 0.15) is 5.82 Å². The van der Waals surface area contributed by atoms with Crippen LogP contribution in [0, 0.1) is 5.82 Å². The Bertz CT molecular complexity index is 1680. The third-order valence-electron chi connectivity index (χ3n) is 9.46. The Morgan fingerprint density at radius 1 is 0.816 bits per heavy atom. The normalized spacial score (nSPS) is 19.6. The Labute approximate surface area is 279 Å². The second-order valence-electron chi connectivity index (χ2n) is 12.8. The van der Waals surface area contributed by atoms with E-state index in [9.17, 15) is 35.5 Å². The van der Waals surface area contributed by atoms with Gasteiger partial charge in [0.15, 0.2) is 0 Å². The summed E-state index contributed by atoms with van der Waals surface area (Å²) in [6, 6.07) is 16.6. The van der Waals surface area contributed by atoms with Crippen LogP contribution in [0.2, 0.25) is 0 Å². The second kappa shape index (κ2) is 14.2. The van der Waals surface area contributed by atoms with Gasteiger partial charge in [-0.15, -0.1) is 0 Å². The maximum Gasteiger partial charge on any atom is 0.416 e. The lowest BCUT2D eigenvalue weighted by Gasteiger charge is -2.45. The van der Waals surface area contributed by atoms with Gasteiger partial charge < -0.3 is 19.7 Å². The van der Waals surface area contributed by atoms with E-state index in [2.05, 4.69) is 15.2 Å². The predicted molar refractivity (Wildman–Crippen MR) is 170 cm³/mol. The van der Waals surface area contributed by atoms with Gasteiger partial charge in [-0.1, -0.05) is 42.5 Å². The number of hydrogen-bond acceptors (Lipinski definition) is 4. The molecule has 13 heteroatoms. The maximum absolute atomic E-state index is 13.7. The number of anilines is 1. The van der Waals surface area contributed by atoms with E-state index >= 15 is 0 Å². The van der Waals surface area contributed by atoms with E-state index in [0.29, 0.717) is 37.9 Å². The number of halogens is 7. The number of amides is 1. The highest BCUT2D eigenvalue weighted by Crippen LogP contribution is 2.37. The van der Waals surface area contributed by atoms with Crippen molar-refractivity contribution in [3.8, 4) is 0 Å². The first kappa shape index (κ1) is 34.5. The number of benzene rings is 3. The molecule has 2 fully saturated rings. The Hall–Kier alpha value is -4.39. The molecule has 4 aromatic rings. The highest BCUT2D eigenvalue weighted by molar-refractivity contribution is 5.95. The van der Waals surface area contributed by atoms with Gasteiger partial charge in [-0.2, -0.15) is 26.3 Å². The predicted octanol–water partition coefficient (Wildman–Crippen LogP) is 7.90. The molecule has 0 saturated carbocycles. The lowest BCUT2D eigenvalue weighted by atomic mass is 9.89. The van der Waals surface area contributed by atoms with Gasteiger partial charge in [0.2, 0.25) is 5.95 Å². The highest BCUT2D eigenvalue weighted by atomic mass is 19.4. The molecule has 2 aliphatic heterocycles. The summed E-state index contributed by atoms with van der Waals surface area (Å²) < 4.78 is 96.9. The number of nitrogens with one attached hydrogen (secondary N) is 1. The summed E-state index contributed by atoms with van der Waals surface area (Å²) in [6.07, 6.45) is -3.35. The average Bonchev–Trinajstić information content (AvgIpc) is 3.51. The van der Waals surface area contributed by atoms with Crippen LogP contribution < -0.4 is 5.32 Å². The molecular weight excluding hydrogens is 651 g/mol. The Kier molecular flexibility index (Phi) is 10.0. The minimum Gasteiger partial charge on any atom is -0.353 e. The Morgan fingerprint density at radius 2 is 1.47 bits per heavy atom. The zero-order valence-corrected chi connectivity index (χ0v) is 26.5. The molecule has 2 saturated heterocycles. The molecule has 2 atom stereocenters. The molecule has 1 amide bonds. The number of likely N-dealkylation sites (tertiary alicyclic amines) is 2. The SMILES string of the molecule is O=C(c1cc(C(F)(F)F)cc(C(F)(F)F)c1)N1CC[C@H](N2CCC(Nc3nccn3Cc3ccc(F)cc3)CC2)C[C@H]1Cc1ccccc1. The van der Waals surface area contributed by atoms with Crippen molar-refractivity contribution in [3.05, 3.63) is 119 Å². The largest absolute Gasteiger partial charge is 0.416 e. The smallest absolute Gasteiger partial charge is 0.353 e. The van der Waals surface area contributed by atoms with Gasteiger partial charge in [-0.05, 0) is 73.6 Å². The van der Waals surface area contributed by atoms with Gasteiger partial charge >= 0.3 is 12.4 Å². The van der Waals surface area contributed by atoms with Crippen molar-refractivity contribution >= 4 is 11.9 Å². The van der Waals surface area contributed by atoms with E-state index in [1.54, 1.807) is 18.3 Å². The molecule has 0 bridgehead atoms. The molecule has 0 aliphatic carbocycles. The van der Waals surface area contributed by atoms with E-state index in [-0.39, 0.29) is 30.5 Å². The van der Waals surface area contributed by atoms with Crippen molar-refractivity contribution in [1.82, 2.24) is 19.4 Å². The summed E-state index contributed by atoms with van der Waals surface area (Å²) >= 11 is 0. The zero-order chi connectivity index (χ0) is 34.8. The van der Waals surface area contributed by atoms with Crippen molar-refractivity contribution in [1.29, 1.82) is 0 Å². The van der Waals surface area contributed by atoms with E-state index in [1.165, 1.54) is 17.0 Å². The van der Waals surface area contributed by atoms with Crippen LogP contribution in [0.4, 0.5) is 36.7 Å². The van der Waals surface area contributed by atoms with E-state index in [0.717, 1.165) is 43.0 Å². The van der Waals surface area contributed by atoms with Crippen LogP contribution in [0.5, 0.6) is 0 Å². The van der Waals surface area contributed by atoms with Crippen molar-refractivity contribution in [3.63, 3.8) is 0 Å². The van der Waals surface area contributed by atoms with Crippen LogP contribution in [0.1, 0.15) is 58.3 Å². The van der Waals surface area contributed by atoms with Crippen molar-refractivity contribution < 1.29 is 35.5 Å². The molecule has 6 nitrogen and oxygen atoms in total. The number of rotatable bonds is 8. The number of alkyl halides is 6. The minimum atomic E-state index is -5.05. The Morgan fingerprint density at radius 3 is 2.10 bits per heavy atom. The molecular formula is C36H36F7N5O. The molecule has 0 spiro atoms. The summed E-state index contributed by atoms with van der Waals surface area (Å²) in [7, 11) is 0. The number of nitrogens with zero attached hydrogens (tertiary/aromatic N) is 4. The number of carbonyl (C=O) groups is 1. The standard InChI is InChI=1S/C36H36F7N5O/c37-29-8-6-25(7-9-29)23-47-17-13-44-34(47)45-30-10-14-46(15-11-30)31-12-16-48(32(22-31)18-24-4-2-1-3-5-24)33(49)26-19-27(35(38,39)40)21-28(20-26)36(41,42)43/h1-9,13,17,19-21,30-32H,10-12,14-16,18,22-23H2,(H,44,45)/t31-,32+/m0/s1. The molecule has 0 unspecified atom stereocenters. The van der Waals surface area contributed by atoms with Gasteiger partial charge in [0, 0.05) is 55.7 Å². The van der Waals surface area contributed by atoms with Crippen LogP contribution in [0.3, 0.4) is 0 Å². The van der Waals surface area contributed by atoms with Gasteiger partial charge in [0.05, 0.1) is 17.7 Å². The van der Waals surface area contributed by atoms with Crippen LogP contribution in [0.25, 0.3) is 0 Å². The molecule has 1 aromatic heterocycles. The molecule has 0 radical (unpaired) electrons. The number of hydrogen-bond donors (Lipinski definition) is 1. The molecule has 49 heavy (non-hydrogen) atoms. The number of piperidine rings is 2. The lowest BCUT2D eigenvalue weighted by molar-refractivity contribution is -0.143. The fourth-order valence-corrected chi connectivity index (χ4v) is 6.91. The third-order valence-corrected chi connectivity index (χ3v) is 9.46. The van der Waals surface area contributed by atoms with E-state index in [4.69, 9.17) is 0 Å². The first-order chi connectivity index (χ1) is 23.3. The maximum atomic E-state index is 13.7. The summed E-state index contributed by atoms with van der Waals surface area (Å²) in [5, 5.41) is 3.53. The second-order valence-corrected chi connectivity index (χ2v) is 12.8. The van der Waals surface area contributed by atoms with Crippen LogP contribution in [-0.4, -0.2) is 63.0 Å². The highest BCUT2D eigenvalue weighted by Gasteiger charge is 2.40. The molecule has 260 valence electrons. The van der Waals surface area contributed by atoms with E-state index in [1.807, 2.05) is 41.1 Å². The molecule has 1 N–H and O–H groups in total. The van der Waals surface area contributed by atoms with Gasteiger partial charge in [-0.25, -0.2) is 9.37 Å². The van der Waals surface area contributed by atoms with Crippen LogP contribution >= 0.6 is 0 Å². The lowest BCUT2D eigenvalue weighted by Crippen LogP contribution is -2.54. The first-order valence-electron chi connectivity index (χ1n) is 16.2. The minimum absolute atomic E-state index is 0.0435.